The summed E-state index contributed by atoms with van der Waals surface area (Å²) in [6, 6.07) is 2.19. The van der Waals surface area contributed by atoms with Crippen LogP contribution >= 0.6 is 15.9 Å². The molecule has 0 aliphatic carbocycles. The molecule has 0 bridgehead atoms. The Kier molecular flexibility index (Phi) is 2.88. The lowest BCUT2D eigenvalue weighted by Gasteiger charge is -2.03. The molecule has 0 saturated heterocycles. The van der Waals surface area contributed by atoms with E-state index in [4.69, 9.17) is 5.26 Å². The molecule has 1 aromatic rings. The Morgan fingerprint density at radius 3 is 2.62 bits per heavy atom. The third kappa shape index (κ3) is 1.98. The van der Waals surface area contributed by atoms with Crippen molar-refractivity contribution in [1.82, 2.24) is 4.98 Å². The lowest BCUT2D eigenvalue weighted by molar-refractivity contribution is 0.145. The zero-order valence-corrected chi connectivity index (χ0v) is 7.65. The highest BCUT2D eigenvalue weighted by Crippen LogP contribution is 2.26. The maximum Gasteiger partial charge on any atom is 0.269 e. The van der Waals surface area contributed by atoms with Crippen LogP contribution in [0.3, 0.4) is 0 Å². The van der Waals surface area contributed by atoms with Gasteiger partial charge in [0.1, 0.15) is 16.5 Å². The van der Waals surface area contributed by atoms with E-state index in [0.29, 0.717) is 0 Å². The van der Waals surface area contributed by atoms with Crippen LogP contribution in [0.5, 0.6) is 0 Å². The Labute approximate surface area is 80.1 Å². The summed E-state index contributed by atoms with van der Waals surface area (Å²) in [5.41, 5.74) is -1.55. The normalized spacial score (nSPS) is 10.2. The summed E-state index contributed by atoms with van der Waals surface area (Å²) in [5, 5.41) is 8.38. The second-order valence-corrected chi connectivity index (χ2v) is 2.91. The molecule has 1 heterocycles. The summed E-state index contributed by atoms with van der Waals surface area (Å²) in [4.78, 5) is 3.41. The van der Waals surface area contributed by atoms with Gasteiger partial charge in [-0.3, -0.25) is 0 Å². The van der Waals surface area contributed by atoms with Crippen LogP contribution in [0, 0.1) is 17.1 Å². The van der Waals surface area contributed by atoms with Gasteiger partial charge in [0, 0.05) is 6.07 Å². The minimum absolute atomic E-state index is 0.0194. The van der Waals surface area contributed by atoms with E-state index >= 15 is 0 Å². The SMILES string of the molecule is N#Cc1nc(Br)cc(F)c1C(F)F. The maximum atomic E-state index is 12.8. The van der Waals surface area contributed by atoms with Gasteiger partial charge in [-0.25, -0.2) is 18.2 Å². The average Bonchev–Trinajstić information content (AvgIpc) is 2.01. The molecule has 0 amide bonds. The number of nitrogens with zero attached hydrogens (tertiary/aromatic N) is 2. The Morgan fingerprint density at radius 1 is 1.54 bits per heavy atom. The molecule has 6 heteroatoms. The van der Waals surface area contributed by atoms with E-state index < -0.39 is 23.5 Å². The second-order valence-electron chi connectivity index (χ2n) is 2.10. The van der Waals surface area contributed by atoms with Crippen molar-refractivity contribution in [2.45, 2.75) is 6.43 Å². The summed E-state index contributed by atoms with van der Waals surface area (Å²) in [5.74, 6) is -1.13. The standard InChI is InChI=1S/C7H2BrF3N2/c8-5-1-3(9)6(7(10)11)4(2-12)13-5/h1,7H. The van der Waals surface area contributed by atoms with Gasteiger partial charge in [-0.15, -0.1) is 0 Å². The summed E-state index contributed by atoms with van der Waals surface area (Å²) in [7, 11) is 0. The highest BCUT2D eigenvalue weighted by molar-refractivity contribution is 9.10. The van der Waals surface area contributed by atoms with Crippen LogP contribution in [0.1, 0.15) is 17.7 Å². The molecular formula is C7H2BrF3N2. The average molecular weight is 251 g/mol. The van der Waals surface area contributed by atoms with E-state index in [-0.39, 0.29) is 4.60 Å². The number of rotatable bonds is 1. The molecule has 0 aliphatic rings. The Bertz CT molecular complexity index is 373. The lowest BCUT2D eigenvalue weighted by atomic mass is 10.2. The molecule has 0 saturated carbocycles. The molecule has 0 aromatic carbocycles. The molecule has 2 nitrogen and oxygen atoms in total. The van der Waals surface area contributed by atoms with Crippen molar-refractivity contribution in [3.63, 3.8) is 0 Å². The molecule has 0 radical (unpaired) electrons. The number of alkyl halides is 2. The first-order valence-electron chi connectivity index (χ1n) is 3.10. The fraction of sp³-hybridized carbons (Fsp3) is 0.143. The third-order valence-corrected chi connectivity index (χ3v) is 1.71. The first kappa shape index (κ1) is 9.99. The quantitative estimate of drug-likeness (QED) is 0.719. The van der Waals surface area contributed by atoms with Crippen LogP contribution in [-0.4, -0.2) is 4.98 Å². The zero-order valence-electron chi connectivity index (χ0n) is 6.06. The number of hydrogen-bond acceptors (Lipinski definition) is 2. The van der Waals surface area contributed by atoms with E-state index in [1.165, 1.54) is 6.07 Å². The van der Waals surface area contributed by atoms with Crippen molar-refractivity contribution in [2.24, 2.45) is 0 Å². The van der Waals surface area contributed by atoms with Crippen LogP contribution in [0.15, 0.2) is 10.7 Å². The second kappa shape index (κ2) is 3.75. The van der Waals surface area contributed by atoms with Crippen molar-refractivity contribution in [3.8, 4) is 6.07 Å². The smallest absolute Gasteiger partial charge is 0.229 e. The van der Waals surface area contributed by atoms with Crippen molar-refractivity contribution in [2.75, 3.05) is 0 Å². The number of pyridine rings is 1. The third-order valence-electron chi connectivity index (χ3n) is 1.30. The molecular weight excluding hydrogens is 249 g/mol. The predicted molar refractivity (Wildman–Crippen MR) is 41.6 cm³/mol. The summed E-state index contributed by atoms with van der Waals surface area (Å²) < 4.78 is 37.2. The van der Waals surface area contributed by atoms with Crippen LogP contribution in [0.25, 0.3) is 0 Å². The van der Waals surface area contributed by atoms with Gasteiger partial charge in [0.25, 0.3) is 6.43 Å². The number of nitriles is 1. The summed E-state index contributed by atoms with van der Waals surface area (Å²) in [6.45, 7) is 0. The molecule has 0 fully saturated rings. The van der Waals surface area contributed by atoms with Crippen LogP contribution in [0.2, 0.25) is 0 Å². The van der Waals surface area contributed by atoms with Crippen molar-refractivity contribution < 1.29 is 13.2 Å². The Morgan fingerprint density at radius 2 is 2.15 bits per heavy atom. The minimum atomic E-state index is -3.03. The number of aromatic nitrogens is 1. The van der Waals surface area contributed by atoms with Gasteiger partial charge in [-0.05, 0) is 15.9 Å². The first-order valence-corrected chi connectivity index (χ1v) is 3.89. The number of hydrogen-bond donors (Lipinski definition) is 0. The summed E-state index contributed by atoms with van der Waals surface area (Å²) in [6.07, 6.45) is -3.03. The number of halogens is 4. The highest BCUT2D eigenvalue weighted by Gasteiger charge is 2.20. The Balaban J connectivity index is 3.41. The van der Waals surface area contributed by atoms with Gasteiger partial charge in [0.15, 0.2) is 5.69 Å². The monoisotopic (exact) mass is 250 g/mol. The van der Waals surface area contributed by atoms with E-state index in [9.17, 15) is 13.2 Å². The summed E-state index contributed by atoms with van der Waals surface area (Å²) >= 11 is 2.79. The van der Waals surface area contributed by atoms with Gasteiger partial charge in [0.2, 0.25) is 0 Å². The molecule has 1 rings (SSSR count). The van der Waals surface area contributed by atoms with Crippen LogP contribution in [-0.2, 0) is 0 Å². The van der Waals surface area contributed by atoms with Gasteiger partial charge in [0.05, 0.1) is 5.56 Å². The van der Waals surface area contributed by atoms with E-state index in [0.717, 1.165) is 6.07 Å². The van der Waals surface area contributed by atoms with Crippen molar-refractivity contribution in [3.05, 3.63) is 27.7 Å². The highest BCUT2D eigenvalue weighted by atomic mass is 79.9. The van der Waals surface area contributed by atoms with Gasteiger partial charge >= 0.3 is 0 Å². The molecule has 1 aromatic heterocycles. The molecule has 0 N–H and O–H groups in total. The first-order chi connectivity index (χ1) is 6.06. The fourth-order valence-electron chi connectivity index (χ4n) is 0.788. The molecule has 68 valence electrons. The van der Waals surface area contributed by atoms with E-state index in [1.54, 1.807) is 0 Å². The van der Waals surface area contributed by atoms with Gasteiger partial charge < -0.3 is 0 Å². The molecule has 0 atom stereocenters. The molecule has 0 aliphatic heterocycles. The zero-order chi connectivity index (χ0) is 10.0. The van der Waals surface area contributed by atoms with Crippen LogP contribution in [0.4, 0.5) is 13.2 Å². The van der Waals surface area contributed by atoms with Crippen LogP contribution < -0.4 is 0 Å². The molecule has 0 unspecified atom stereocenters. The van der Waals surface area contributed by atoms with Gasteiger partial charge in [-0.1, -0.05) is 0 Å². The largest absolute Gasteiger partial charge is 0.269 e. The minimum Gasteiger partial charge on any atom is -0.229 e. The topological polar surface area (TPSA) is 36.7 Å². The lowest BCUT2D eigenvalue weighted by Crippen LogP contribution is -1.99. The Hall–Kier alpha value is -1.09. The predicted octanol–water partition coefficient (Wildman–Crippen LogP) is 2.79. The van der Waals surface area contributed by atoms with E-state index in [2.05, 4.69) is 20.9 Å². The van der Waals surface area contributed by atoms with E-state index in [1.807, 2.05) is 0 Å². The van der Waals surface area contributed by atoms with Gasteiger partial charge in [-0.2, -0.15) is 5.26 Å². The van der Waals surface area contributed by atoms with Crippen molar-refractivity contribution in [1.29, 1.82) is 5.26 Å². The maximum absolute atomic E-state index is 12.8. The van der Waals surface area contributed by atoms with Crippen molar-refractivity contribution >= 4 is 15.9 Å². The molecule has 13 heavy (non-hydrogen) atoms. The molecule has 0 spiro atoms. The fourth-order valence-corrected chi connectivity index (χ4v) is 1.17.